The van der Waals surface area contributed by atoms with E-state index in [4.69, 9.17) is 10.5 Å². The Balaban J connectivity index is 2.03. The van der Waals surface area contributed by atoms with Gasteiger partial charge in [-0.05, 0) is 17.9 Å². The van der Waals surface area contributed by atoms with Gasteiger partial charge in [0.25, 0.3) is 0 Å². The Labute approximate surface area is 125 Å². The highest BCUT2D eigenvalue weighted by Gasteiger charge is 2.06. The topological polar surface area (TPSA) is 61.0 Å². The predicted molar refractivity (Wildman–Crippen MR) is 82.1 cm³/mol. The second kappa shape index (κ2) is 7.14. The Kier molecular flexibility index (Phi) is 5.50. The van der Waals surface area contributed by atoms with Crippen molar-refractivity contribution < 1.29 is 4.74 Å². The van der Waals surface area contributed by atoms with Crippen LogP contribution >= 0.6 is 34.9 Å². The number of ether oxygens (including phenoxy) is 1. The maximum absolute atomic E-state index is 5.66. The van der Waals surface area contributed by atoms with Crippen molar-refractivity contribution in [3.63, 3.8) is 0 Å². The van der Waals surface area contributed by atoms with Crippen molar-refractivity contribution in [2.75, 3.05) is 13.4 Å². The SMILES string of the molecule is COc1cc(CSc2nnc(SC)s2)ccc1CN. The Bertz CT molecular complexity index is 545. The Morgan fingerprint density at radius 2 is 2.11 bits per heavy atom. The molecule has 0 aliphatic heterocycles. The van der Waals surface area contributed by atoms with E-state index in [0.29, 0.717) is 6.54 Å². The van der Waals surface area contributed by atoms with Gasteiger partial charge in [-0.25, -0.2) is 0 Å². The smallest absolute Gasteiger partial charge is 0.175 e. The van der Waals surface area contributed by atoms with Crippen molar-refractivity contribution in [1.82, 2.24) is 10.2 Å². The molecule has 2 rings (SSSR count). The molecule has 0 atom stereocenters. The van der Waals surface area contributed by atoms with Gasteiger partial charge in [-0.2, -0.15) is 0 Å². The summed E-state index contributed by atoms with van der Waals surface area (Å²) in [6, 6.07) is 6.13. The fourth-order valence-corrected chi connectivity index (χ4v) is 3.91. The minimum atomic E-state index is 0.490. The van der Waals surface area contributed by atoms with Crippen LogP contribution in [-0.4, -0.2) is 23.6 Å². The molecule has 1 aromatic carbocycles. The van der Waals surface area contributed by atoms with Crippen molar-refractivity contribution in [2.24, 2.45) is 5.73 Å². The van der Waals surface area contributed by atoms with Crippen molar-refractivity contribution in [3.8, 4) is 5.75 Å². The number of hydrogen-bond acceptors (Lipinski definition) is 7. The highest BCUT2D eigenvalue weighted by molar-refractivity contribution is 8.02. The number of aromatic nitrogens is 2. The fourth-order valence-electron chi connectivity index (χ4n) is 1.53. The van der Waals surface area contributed by atoms with Gasteiger partial charge in [0, 0.05) is 17.9 Å². The third kappa shape index (κ3) is 3.85. The van der Waals surface area contributed by atoms with Gasteiger partial charge in [-0.3, -0.25) is 0 Å². The number of methoxy groups -OCH3 is 1. The molecule has 0 saturated heterocycles. The van der Waals surface area contributed by atoms with Crippen LogP contribution in [0.25, 0.3) is 0 Å². The number of nitrogens with two attached hydrogens (primary N) is 1. The molecule has 0 radical (unpaired) electrons. The molecule has 0 saturated carbocycles. The van der Waals surface area contributed by atoms with Gasteiger partial charge in [0.15, 0.2) is 8.68 Å². The van der Waals surface area contributed by atoms with Gasteiger partial charge >= 0.3 is 0 Å². The quantitative estimate of drug-likeness (QED) is 0.827. The van der Waals surface area contributed by atoms with Crippen molar-refractivity contribution in [1.29, 1.82) is 0 Å². The van der Waals surface area contributed by atoms with Gasteiger partial charge in [-0.1, -0.05) is 47.0 Å². The average molecular weight is 313 g/mol. The minimum absolute atomic E-state index is 0.490. The first kappa shape index (κ1) is 14.6. The summed E-state index contributed by atoms with van der Waals surface area (Å²) in [4.78, 5) is 0. The van der Waals surface area contributed by atoms with Gasteiger partial charge in [0.2, 0.25) is 0 Å². The number of nitrogens with zero attached hydrogens (tertiary/aromatic N) is 2. The lowest BCUT2D eigenvalue weighted by Crippen LogP contribution is -2.00. The molecule has 7 heteroatoms. The number of rotatable bonds is 6. The molecule has 0 fully saturated rings. The van der Waals surface area contributed by atoms with Crippen LogP contribution in [0.1, 0.15) is 11.1 Å². The molecule has 2 N–H and O–H groups in total. The number of thioether (sulfide) groups is 2. The van der Waals surface area contributed by atoms with Crippen LogP contribution in [0.5, 0.6) is 5.75 Å². The van der Waals surface area contributed by atoms with Crippen LogP contribution in [-0.2, 0) is 12.3 Å². The van der Waals surface area contributed by atoms with Crippen molar-refractivity contribution >= 4 is 34.9 Å². The molecule has 0 bridgehead atoms. The van der Waals surface area contributed by atoms with E-state index in [-0.39, 0.29) is 0 Å². The van der Waals surface area contributed by atoms with Gasteiger partial charge in [0.05, 0.1) is 7.11 Å². The maximum Gasteiger partial charge on any atom is 0.175 e. The number of benzene rings is 1. The zero-order valence-electron chi connectivity index (χ0n) is 10.8. The van der Waals surface area contributed by atoms with Crippen molar-refractivity contribution in [2.45, 2.75) is 21.0 Å². The monoisotopic (exact) mass is 313 g/mol. The summed E-state index contributed by atoms with van der Waals surface area (Å²) < 4.78 is 7.32. The van der Waals surface area contributed by atoms with E-state index in [2.05, 4.69) is 16.3 Å². The lowest BCUT2D eigenvalue weighted by atomic mass is 10.1. The van der Waals surface area contributed by atoms with Gasteiger partial charge in [0.1, 0.15) is 5.75 Å². The summed E-state index contributed by atoms with van der Waals surface area (Å²) >= 11 is 4.93. The molecule has 0 amide bonds. The first-order chi connectivity index (χ1) is 9.26. The van der Waals surface area contributed by atoms with Crippen LogP contribution in [0.4, 0.5) is 0 Å². The summed E-state index contributed by atoms with van der Waals surface area (Å²) in [5, 5.41) is 8.22. The molecule has 1 aromatic heterocycles. The van der Waals surface area contributed by atoms with E-state index in [0.717, 1.165) is 25.7 Å². The summed E-state index contributed by atoms with van der Waals surface area (Å²) in [6.07, 6.45) is 2.01. The largest absolute Gasteiger partial charge is 0.496 e. The Morgan fingerprint density at radius 1 is 1.32 bits per heavy atom. The third-order valence-electron chi connectivity index (χ3n) is 2.50. The number of hydrogen-bond donors (Lipinski definition) is 1. The molecule has 0 aliphatic carbocycles. The molecular formula is C12H15N3OS3. The van der Waals surface area contributed by atoms with Crippen LogP contribution in [0.2, 0.25) is 0 Å². The van der Waals surface area contributed by atoms with E-state index in [9.17, 15) is 0 Å². The molecule has 0 spiro atoms. The first-order valence-electron chi connectivity index (χ1n) is 5.63. The second-order valence-corrected chi connectivity index (χ2v) is 6.93. The summed E-state index contributed by atoms with van der Waals surface area (Å²) in [5.74, 6) is 1.70. The lowest BCUT2D eigenvalue weighted by Gasteiger charge is -2.08. The van der Waals surface area contributed by atoms with E-state index >= 15 is 0 Å². The predicted octanol–water partition coefficient (Wildman–Crippen LogP) is 3.02. The van der Waals surface area contributed by atoms with Crippen molar-refractivity contribution in [3.05, 3.63) is 29.3 Å². The van der Waals surface area contributed by atoms with E-state index < -0.39 is 0 Å². The van der Waals surface area contributed by atoms with Crippen LogP contribution in [0.3, 0.4) is 0 Å². The highest BCUT2D eigenvalue weighted by atomic mass is 32.2. The molecule has 102 valence electrons. The van der Waals surface area contributed by atoms with Gasteiger partial charge in [-0.15, -0.1) is 10.2 Å². The summed E-state index contributed by atoms with van der Waals surface area (Å²) in [7, 11) is 1.67. The maximum atomic E-state index is 5.66. The summed E-state index contributed by atoms with van der Waals surface area (Å²) in [5.41, 5.74) is 7.87. The highest BCUT2D eigenvalue weighted by Crippen LogP contribution is 2.30. The fraction of sp³-hybridized carbons (Fsp3) is 0.333. The van der Waals surface area contributed by atoms with Crippen LogP contribution in [0, 0.1) is 0 Å². The third-order valence-corrected chi connectivity index (χ3v) is 5.60. The molecule has 0 aliphatic rings. The molecule has 1 heterocycles. The second-order valence-electron chi connectivity index (χ2n) is 3.68. The van der Waals surface area contributed by atoms with E-state index in [1.165, 1.54) is 5.56 Å². The van der Waals surface area contributed by atoms with E-state index in [1.54, 1.807) is 42.0 Å². The molecular weight excluding hydrogens is 298 g/mol. The molecule has 19 heavy (non-hydrogen) atoms. The van der Waals surface area contributed by atoms with E-state index in [1.807, 2.05) is 18.4 Å². The standard InChI is InChI=1S/C12H15N3OS3/c1-16-10-5-8(3-4-9(10)6-13)7-18-12-15-14-11(17-2)19-12/h3-5H,6-7,13H2,1-2H3. The minimum Gasteiger partial charge on any atom is -0.496 e. The molecule has 0 unspecified atom stereocenters. The Hall–Kier alpha value is -0.760. The Morgan fingerprint density at radius 3 is 2.74 bits per heavy atom. The van der Waals surface area contributed by atoms with Crippen LogP contribution < -0.4 is 10.5 Å². The molecule has 2 aromatic rings. The lowest BCUT2D eigenvalue weighted by molar-refractivity contribution is 0.409. The summed E-state index contributed by atoms with van der Waals surface area (Å²) in [6.45, 7) is 0.490. The zero-order valence-corrected chi connectivity index (χ0v) is 13.2. The normalized spacial score (nSPS) is 10.7. The van der Waals surface area contributed by atoms with Crippen LogP contribution in [0.15, 0.2) is 26.9 Å². The average Bonchev–Trinajstić information content (AvgIpc) is 2.92. The van der Waals surface area contributed by atoms with Gasteiger partial charge < -0.3 is 10.5 Å². The molecule has 4 nitrogen and oxygen atoms in total. The first-order valence-corrected chi connectivity index (χ1v) is 8.65. The zero-order chi connectivity index (χ0) is 13.7.